The van der Waals surface area contributed by atoms with Crippen LogP contribution in [0.25, 0.3) is 10.2 Å². The van der Waals surface area contributed by atoms with E-state index >= 15 is 0 Å². The van der Waals surface area contributed by atoms with Crippen LogP contribution < -0.4 is 4.90 Å². The highest BCUT2D eigenvalue weighted by Gasteiger charge is 2.24. The van der Waals surface area contributed by atoms with Crippen LogP contribution in [0.3, 0.4) is 0 Å². The van der Waals surface area contributed by atoms with Gasteiger partial charge in [0.1, 0.15) is 11.3 Å². The summed E-state index contributed by atoms with van der Waals surface area (Å²) >= 11 is 3.26. The lowest BCUT2D eigenvalue weighted by molar-refractivity contribution is 0.0746. The van der Waals surface area contributed by atoms with Crippen LogP contribution in [-0.4, -0.2) is 47.2 Å². The molecular weight excluding hydrogens is 393 g/mol. The number of para-hydroxylation sites is 1. The van der Waals surface area contributed by atoms with Crippen molar-refractivity contribution >= 4 is 44.4 Å². The molecule has 0 N–H and O–H groups in total. The first-order valence-corrected chi connectivity index (χ1v) is 11.1. The number of hydrogen-bond acceptors (Lipinski definition) is 5. The normalized spacial score (nSPS) is 14.9. The second-order valence-corrected chi connectivity index (χ2v) is 9.72. The molecule has 7 heteroatoms. The van der Waals surface area contributed by atoms with E-state index in [9.17, 15) is 9.18 Å². The van der Waals surface area contributed by atoms with Crippen LogP contribution in [0.1, 0.15) is 24.2 Å². The monoisotopic (exact) mass is 415 g/mol. The van der Waals surface area contributed by atoms with Gasteiger partial charge in [-0.05, 0) is 30.3 Å². The molecule has 0 bridgehead atoms. The van der Waals surface area contributed by atoms with Crippen molar-refractivity contribution < 1.29 is 9.18 Å². The number of nitrogens with zero attached hydrogens (tertiary/aromatic N) is 3. The molecule has 0 atom stereocenters. The fourth-order valence-corrected chi connectivity index (χ4v) is 5.22. The van der Waals surface area contributed by atoms with Crippen LogP contribution in [0.15, 0.2) is 47.4 Å². The topological polar surface area (TPSA) is 36.4 Å². The van der Waals surface area contributed by atoms with E-state index in [1.54, 1.807) is 17.8 Å². The van der Waals surface area contributed by atoms with Crippen LogP contribution >= 0.6 is 23.1 Å². The van der Waals surface area contributed by atoms with Gasteiger partial charge in [0.15, 0.2) is 5.13 Å². The minimum atomic E-state index is -0.284. The van der Waals surface area contributed by atoms with Gasteiger partial charge in [0.05, 0.1) is 4.70 Å². The van der Waals surface area contributed by atoms with Crippen LogP contribution in [0.4, 0.5) is 9.52 Å². The Balaban J connectivity index is 1.43. The summed E-state index contributed by atoms with van der Waals surface area (Å²) in [6, 6.07) is 12.9. The molecule has 1 aromatic heterocycles. The number of anilines is 1. The first kappa shape index (κ1) is 19.2. The Morgan fingerprint density at radius 1 is 1.14 bits per heavy atom. The van der Waals surface area contributed by atoms with E-state index in [0.717, 1.165) is 20.3 Å². The van der Waals surface area contributed by atoms with Crippen molar-refractivity contribution in [3.8, 4) is 0 Å². The molecule has 0 unspecified atom stereocenters. The lowest BCUT2D eigenvalue weighted by atomic mass is 10.2. The number of benzene rings is 2. The van der Waals surface area contributed by atoms with Crippen molar-refractivity contribution in [1.29, 1.82) is 0 Å². The van der Waals surface area contributed by atoms with E-state index in [2.05, 4.69) is 23.7 Å². The average Bonchev–Trinajstić information content (AvgIpc) is 3.13. The summed E-state index contributed by atoms with van der Waals surface area (Å²) in [5.74, 6) is -0.214. The van der Waals surface area contributed by atoms with Crippen molar-refractivity contribution in [2.24, 2.45) is 0 Å². The van der Waals surface area contributed by atoms with Crippen molar-refractivity contribution in [3.63, 3.8) is 0 Å². The van der Waals surface area contributed by atoms with Crippen LogP contribution in [0.5, 0.6) is 0 Å². The van der Waals surface area contributed by atoms with Crippen LogP contribution in [0, 0.1) is 5.82 Å². The van der Waals surface area contributed by atoms with Crippen LogP contribution in [-0.2, 0) is 0 Å². The molecule has 4 nitrogen and oxygen atoms in total. The Bertz CT molecular complexity index is 996. The van der Waals surface area contributed by atoms with E-state index < -0.39 is 0 Å². The number of fused-ring (bicyclic) bond motifs is 1. The number of hydrogen-bond donors (Lipinski definition) is 0. The number of rotatable bonds is 4. The van der Waals surface area contributed by atoms with Gasteiger partial charge < -0.3 is 9.80 Å². The fraction of sp³-hybridized carbons (Fsp3) is 0.333. The molecule has 1 fully saturated rings. The maximum Gasteiger partial charge on any atom is 0.254 e. The number of piperazine rings is 1. The molecule has 1 aliphatic heterocycles. The molecule has 146 valence electrons. The largest absolute Gasteiger partial charge is 0.345 e. The number of amides is 1. The van der Waals surface area contributed by atoms with Gasteiger partial charge in [-0.3, -0.25) is 4.79 Å². The molecule has 2 heterocycles. The molecule has 4 rings (SSSR count). The molecular formula is C21H22FN3OS2. The quantitative estimate of drug-likeness (QED) is 0.568. The third-order valence-corrected chi connectivity index (χ3v) is 6.73. The Labute approximate surface area is 172 Å². The Hall–Kier alpha value is -2.12. The van der Waals surface area contributed by atoms with Gasteiger partial charge in [-0.25, -0.2) is 9.37 Å². The van der Waals surface area contributed by atoms with Gasteiger partial charge in [0.2, 0.25) is 0 Å². The van der Waals surface area contributed by atoms with Gasteiger partial charge in [0.25, 0.3) is 5.91 Å². The Morgan fingerprint density at radius 2 is 1.89 bits per heavy atom. The van der Waals surface area contributed by atoms with Gasteiger partial charge in [-0.2, -0.15) is 0 Å². The Morgan fingerprint density at radius 3 is 2.61 bits per heavy atom. The first-order valence-electron chi connectivity index (χ1n) is 9.37. The highest BCUT2D eigenvalue weighted by Crippen LogP contribution is 2.31. The van der Waals surface area contributed by atoms with Gasteiger partial charge in [-0.15, -0.1) is 11.8 Å². The standard InChI is InChI=1S/C21H22FN3OS2/c1-14(2)27-16-6-3-5-15(13-16)20(26)24-9-11-25(12-10-24)21-23-19-17(22)7-4-8-18(19)28-21/h3-8,13-14H,9-12H2,1-2H3. The zero-order valence-electron chi connectivity index (χ0n) is 15.9. The van der Waals surface area contributed by atoms with E-state index in [1.807, 2.05) is 35.2 Å². The molecule has 0 aliphatic carbocycles. The molecule has 2 aromatic carbocycles. The summed E-state index contributed by atoms with van der Waals surface area (Å²) in [5.41, 5.74) is 1.17. The second kappa shape index (κ2) is 8.09. The zero-order chi connectivity index (χ0) is 19.7. The molecule has 0 radical (unpaired) electrons. The van der Waals surface area contributed by atoms with Crippen molar-refractivity contribution in [2.45, 2.75) is 24.0 Å². The van der Waals surface area contributed by atoms with Gasteiger partial charge >= 0.3 is 0 Å². The van der Waals surface area contributed by atoms with Gasteiger partial charge in [-0.1, -0.05) is 37.3 Å². The molecule has 1 aliphatic rings. The minimum absolute atomic E-state index is 0.0706. The molecule has 0 spiro atoms. The number of carbonyl (C=O) groups excluding carboxylic acids is 1. The molecule has 28 heavy (non-hydrogen) atoms. The number of aromatic nitrogens is 1. The summed E-state index contributed by atoms with van der Waals surface area (Å²) in [6.45, 7) is 6.97. The molecule has 3 aromatic rings. The SMILES string of the molecule is CC(C)Sc1cccc(C(=O)N2CCN(c3nc4c(F)cccc4s3)CC2)c1. The Kier molecular flexibility index (Phi) is 5.55. The number of carbonyl (C=O) groups is 1. The summed E-state index contributed by atoms with van der Waals surface area (Å²) in [6.07, 6.45) is 0. The average molecular weight is 416 g/mol. The highest BCUT2D eigenvalue weighted by atomic mass is 32.2. The minimum Gasteiger partial charge on any atom is -0.345 e. The maximum atomic E-state index is 13.9. The molecule has 1 saturated heterocycles. The lowest BCUT2D eigenvalue weighted by Crippen LogP contribution is -2.48. The first-order chi connectivity index (χ1) is 13.5. The van der Waals surface area contributed by atoms with E-state index in [1.165, 1.54) is 17.4 Å². The highest BCUT2D eigenvalue weighted by molar-refractivity contribution is 7.99. The zero-order valence-corrected chi connectivity index (χ0v) is 17.5. The summed E-state index contributed by atoms with van der Waals surface area (Å²) in [5, 5.41) is 1.30. The van der Waals surface area contributed by atoms with E-state index in [0.29, 0.717) is 36.9 Å². The second-order valence-electron chi connectivity index (χ2n) is 7.06. The van der Waals surface area contributed by atoms with Crippen molar-refractivity contribution in [2.75, 3.05) is 31.1 Å². The molecule has 1 amide bonds. The van der Waals surface area contributed by atoms with E-state index in [4.69, 9.17) is 0 Å². The third kappa shape index (κ3) is 4.00. The third-order valence-electron chi connectivity index (χ3n) is 4.65. The maximum absolute atomic E-state index is 13.9. The van der Waals surface area contributed by atoms with Gasteiger partial charge in [0, 0.05) is 41.9 Å². The predicted molar refractivity (Wildman–Crippen MR) is 115 cm³/mol. The van der Waals surface area contributed by atoms with Crippen molar-refractivity contribution in [1.82, 2.24) is 9.88 Å². The van der Waals surface area contributed by atoms with Crippen molar-refractivity contribution in [3.05, 3.63) is 53.8 Å². The predicted octanol–water partition coefficient (Wildman–Crippen LogP) is 4.90. The van der Waals surface area contributed by atoms with E-state index in [-0.39, 0.29) is 11.7 Å². The number of halogens is 1. The smallest absolute Gasteiger partial charge is 0.254 e. The summed E-state index contributed by atoms with van der Waals surface area (Å²) in [7, 11) is 0. The van der Waals surface area contributed by atoms with Crippen LogP contribution in [0.2, 0.25) is 0 Å². The molecule has 0 saturated carbocycles. The number of thiazole rings is 1. The fourth-order valence-electron chi connectivity index (χ4n) is 3.30. The lowest BCUT2D eigenvalue weighted by Gasteiger charge is -2.34. The summed E-state index contributed by atoms with van der Waals surface area (Å²) in [4.78, 5) is 22.5. The number of thioether (sulfide) groups is 1. The summed E-state index contributed by atoms with van der Waals surface area (Å²) < 4.78 is 14.8.